The summed E-state index contributed by atoms with van der Waals surface area (Å²) in [5.74, 6) is 0.413. The molecule has 0 saturated carbocycles. The van der Waals surface area contributed by atoms with Gasteiger partial charge in [0.05, 0.1) is 6.21 Å². The van der Waals surface area contributed by atoms with Crippen LogP contribution in [0.15, 0.2) is 58.1 Å². The molecule has 0 fully saturated rings. The number of carbonyl (C=O) groups is 1. The third-order valence-electron chi connectivity index (χ3n) is 3.87. The molecule has 0 saturated heterocycles. The minimum atomic E-state index is -0.297. The minimum Gasteiger partial charge on any atom is -0.483 e. The van der Waals surface area contributed by atoms with Crippen LogP contribution in [0.5, 0.6) is 5.75 Å². The molecule has 0 spiro atoms. The molecule has 138 valence electrons. The quantitative estimate of drug-likeness (QED) is 0.498. The van der Waals surface area contributed by atoms with Gasteiger partial charge in [-0.3, -0.25) is 9.69 Å². The Kier molecular flexibility index (Phi) is 8.31. The summed E-state index contributed by atoms with van der Waals surface area (Å²) in [4.78, 5) is 14.2. The zero-order chi connectivity index (χ0) is 18.8. The van der Waals surface area contributed by atoms with E-state index < -0.39 is 0 Å². The summed E-state index contributed by atoms with van der Waals surface area (Å²) in [5.41, 5.74) is 4.45. The van der Waals surface area contributed by atoms with E-state index in [0.29, 0.717) is 5.75 Å². The van der Waals surface area contributed by atoms with Gasteiger partial charge in [0.25, 0.3) is 5.91 Å². The molecule has 2 aromatic rings. The molecule has 0 bridgehead atoms. The van der Waals surface area contributed by atoms with Crippen molar-refractivity contribution < 1.29 is 9.53 Å². The second-order valence-corrected chi connectivity index (χ2v) is 6.62. The van der Waals surface area contributed by atoms with Crippen LogP contribution in [0.1, 0.15) is 25.0 Å². The van der Waals surface area contributed by atoms with Crippen molar-refractivity contribution in [2.45, 2.75) is 20.4 Å². The summed E-state index contributed by atoms with van der Waals surface area (Å²) in [6.07, 6.45) is 1.60. The Morgan fingerprint density at radius 3 is 2.62 bits per heavy atom. The van der Waals surface area contributed by atoms with E-state index in [-0.39, 0.29) is 12.5 Å². The van der Waals surface area contributed by atoms with E-state index in [4.69, 9.17) is 4.74 Å². The summed E-state index contributed by atoms with van der Waals surface area (Å²) < 4.78 is 6.70. The monoisotopic (exact) mass is 417 g/mol. The summed E-state index contributed by atoms with van der Waals surface area (Å²) in [5, 5.41) is 3.95. The molecule has 0 radical (unpaired) electrons. The molecule has 0 aliphatic rings. The van der Waals surface area contributed by atoms with Gasteiger partial charge >= 0.3 is 0 Å². The van der Waals surface area contributed by atoms with Crippen LogP contribution in [0, 0.1) is 0 Å². The Hall–Kier alpha value is -2.18. The van der Waals surface area contributed by atoms with Crippen LogP contribution in [-0.2, 0) is 11.3 Å². The Balaban J connectivity index is 1.91. The number of ether oxygens (including phenoxy) is 1. The van der Waals surface area contributed by atoms with Crippen molar-refractivity contribution in [2.24, 2.45) is 5.10 Å². The van der Waals surface area contributed by atoms with Gasteiger partial charge in [-0.2, -0.15) is 5.10 Å². The predicted octanol–water partition coefficient (Wildman–Crippen LogP) is 3.82. The lowest BCUT2D eigenvalue weighted by Gasteiger charge is -2.20. The summed E-state index contributed by atoms with van der Waals surface area (Å²) in [7, 11) is 0. The molecule has 5 nitrogen and oxygen atoms in total. The minimum absolute atomic E-state index is 0.0843. The number of nitrogens with one attached hydrogen (secondary N) is 1. The van der Waals surface area contributed by atoms with Crippen molar-refractivity contribution in [3.8, 4) is 5.75 Å². The third-order valence-corrected chi connectivity index (χ3v) is 4.37. The van der Waals surface area contributed by atoms with E-state index in [0.717, 1.165) is 35.2 Å². The highest BCUT2D eigenvalue weighted by Crippen LogP contribution is 2.24. The largest absolute Gasteiger partial charge is 0.483 e. The van der Waals surface area contributed by atoms with Crippen molar-refractivity contribution in [1.29, 1.82) is 0 Å². The van der Waals surface area contributed by atoms with Gasteiger partial charge in [0.2, 0.25) is 0 Å². The first-order chi connectivity index (χ1) is 12.6. The number of halogens is 1. The molecule has 0 heterocycles. The van der Waals surface area contributed by atoms with Gasteiger partial charge in [-0.15, -0.1) is 0 Å². The summed E-state index contributed by atoms with van der Waals surface area (Å²) in [6.45, 7) is 6.85. The first kappa shape index (κ1) is 20.1. The number of hydrazone groups is 1. The Labute approximate surface area is 163 Å². The topological polar surface area (TPSA) is 53.9 Å². The van der Waals surface area contributed by atoms with Gasteiger partial charge in [0.1, 0.15) is 5.75 Å². The van der Waals surface area contributed by atoms with Crippen LogP contribution >= 0.6 is 15.9 Å². The second kappa shape index (κ2) is 10.7. The molecular weight excluding hydrogens is 394 g/mol. The van der Waals surface area contributed by atoms with Crippen molar-refractivity contribution in [2.75, 3.05) is 19.7 Å². The highest BCUT2D eigenvalue weighted by atomic mass is 79.9. The van der Waals surface area contributed by atoms with Crippen molar-refractivity contribution in [3.05, 3.63) is 64.1 Å². The van der Waals surface area contributed by atoms with Gasteiger partial charge in [-0.05, 0) is 36.9 Å². The molecule has 6 heteroatoms. The molecule has 26 heavy (non-hydrogen) atoms. The SMILES string of the molecule is CCN(CC)Cc1cc(Br)ccc1OCC(=O)N/N=C/c1ccccc1. The van der Waals surface area contributed by atoms with Crippen LogP contribution in [-0.4, -0.2) is 36.7 Å². The normalized spacial score (nSPS) is 11.1. The highest BCUT2D eigenvalue weighted by Gasteiger charge is 2.10. The van der Waals surface area contributed by atoms with Crippen LogP contribution in [0.3, 0.4) is 0 Å². The number of rotatable bonds is 9. The van der Waals surface area contributed by atoms with Gasteiger partial charge in [-0.1, -0.05) is 60.1 Å². The fraction of sp³-hybridized carbons (Fsp3) is 0.300. The fourth-order valence-corrected chi connectivity index (χ4v) is 2.80. The lowest BCUT2D eigenvalue weighted by molar-refractivity contribution is -0.123. The van der Waals surface area contributed by atoms with Crippen LogP contribution in [0.25, 0.3) is 0 Å². The van der Waals surface area contributed by atoms with Gasteiger partial charge in [0.15, 0.2) is 6.61 Å². The van der Waals surface area contributed by atoms with Gasteiger partial charge < -0.3 is 4.74 Å². The summed E-state index contributed by atoms with van der Waals surface area (Å²) in [6, 6.07) is 15.4. The molecule has 0 aliphatic heterocycles. The first-order valence-electron chi connectivity index (χ1n) is 8.63. The number of nitrogens with zero attached hydrogens (tertiary/aromatic N) is 2. The maximum Gasteiger partial charge on any atom is 0.277 e. The van der Waals surface area contributed by atoms with Crippen molar-refractivity contribution in [1.82, 2.24) is 10.3 Å². The number of amides is 1. The van der Waals surface area contributed by atoms with Crippen molar-refractivity contribution in [3.63, 3.8) is 0 Å². The van der Waals surface area contributed by atoms with Crippen LogP contribution in [0.4, 0.5) is 0 Å². The lowest BCUT2D eigenvalue weighted by atomic mass is 10.2. The summed E-state index contributed by atoms with van der Waals surface area (Å²) >= 11 is 3.49. The van der Waals surface area contributed by atoms with Crippen LogP contribution < -0.4 is 10.2 Å². The standard InChI is InChI=1S/C20H24BrN3O2/c1-3-24(4-2)14-17-12-18(21)10-11-19(17)26-15-20(25)23-22-13-16-8-6-5-7-9-16/h5-13H,3-4,14-15H2,1-2H3,(H,23,25)/b22-13+. The molecule has 0 aromatic heterocycles. The number of carbonyl (C=O) groups excluding carboxylic acids is 1. The van der Waals surface area contributed by atoms with E-state index >= 15 is 0 Å². The van der Waals surface area contributed by atoms with Crippen LogP contribution in [0.2, 0.25) is 0 Å². The molecule has 1 N–H and O–H groups in total. The number of hydrogen-bond acceptors (Lipinski definition) is 4. The smallest absolute Gasteiger partial charge is 0.277 e. The fourth-order valence-electron chi connectivity index (χ4n) is 2.39. The molecular formula is C20H24BrN3O2. The maximum absolute atomic E-state index is 11.9. The zero-order valence-electron chi connectivity index (χ0n) is 15.1. The number of benzene rings is 2. The Bertz CT molecular complexity index is 731. The molecule has 0 atom stereocenters. The average Bonchev–Trinajstić information content (AvgIpc) is 2.66. The third kappa shape index (κ3) is 6.61. The predicted molar refractivity (Wildman–Crippen MR) is 108 cm³/mol. The molecule has 1 amide bonds. The Morgan fingerprint density at radius 2 is 1.92 bits per heavy atom. The molecule has 2 aromatic carbocycles. The highest BCUT2D eigenvalue weighted by molar-refractivity contribution is 9.10. The number of hydrogen-bond donors (Lipinski definition) is 1. The van der Waals surface area contributed by atoms with E-state index in [1.54, 1.807) is 6.21 Å². The van der Waals surface area contributed by atoms with Gasteiger partial charge in [0, 0.05) is 16.6 Å². The maximum atomic E-state index is 11.9. The second-order valence-electron chi connectivity index (χ2n) is 5.71. The van der Waals surface area contributed by atoms with E-state index in [1.165, 1.54) is 0 Å². The molecule has 0 unspecified atom stereocenters. The van der Waals surface area contributed by atoms with Gasteiger partial charge in [-0.25, -0.2) is 5.43 Å². The average molecular weight is 418 g/mol. The van der Waals surface area contributed by atoms with Crippen molar-refractivity contribution >= 4 is 28.1 Å². The Morgan fingerprint density at radius 1 is 1.19 bits per heavy atom. The van der Waals surface area contributed by atoms with E-state index in [1.807, 2.05) is 48.5 Å². The lowest BCUT2D eigenvalue weighted by Crippen LogP contribution is -2.26. The van der Waals surface area contributed by atoms with E-state index in [2.05, 4.69) is 45.2 Å². The first-order valence-corrected chi connectivity index (χ1v) is 9.42. The molecule has 0 aliphatic carbocycles. The molecule has 2 rings (SSSR count). The zero-order valence-corrected chi connectivity index (χ0v) is 16.7. The van der Waals surface area contributed by atoms with E-state index in [9.17, 15) is 4.79 Å².